The topological polar surface area (TPSA) is 22.1 Å². The summed E-state index contributed by atoms with van der Waals surface area (Å²) in [6.45, 7) is 11.3. The van der Waals surface area contributed by atoms with E-state index in [2.05, 4.69) is 61.4 Å². The SMILES string of the molecule is CC(C)(C)[Si](C)(C)O[C@@H](CCI)/C(Cl)=C/c1ccccn1. The molecule has 1 heterocycles. The Bertz CT molecular complexity index is 471. The van der Waals surface area contributed by atoms with Gasteiger partial charge in [-0.1, -0.05) is 61.0 Å². The van der Waals surface area contributed by atoms with Crippen LogP contribution in [0, 0.1) is 0 Å². The van der Waals surface area contributed by atoms with Crippen LogP contribution in [-0.2, 0) is 4.43 Å². The van der Waals surface area contributed by atoms with E-state index >= 15 is 0 Å². The second kappa shape index (κ2) is 8.08. The summed E-state index contributed by atoms with van der Waals surface area (Å²) < 4.78 is 7.50. The number of pyridine rings is 1. The Morgan fingerprint density at radius 1 is 1.43 bits per heavy atom. The molecule has 0 amide bonds. The van der Waals surface area contributed by atoms with Gasteiger partial charge in [-0.25, -0.2) is 0 Å². The summed E-state index contributed by atoms with van der Waals surface area (Å²) in [6, 6.07) is 5.82. The molecule has 21 heavy (non-hydrogen) atoms. The van der Waals surface area contributed by atoms with Crippen molar-refractivity contribution in [1.82, 2.24) is 4.98 Å². The Labute approximate surface area is 148 Å². The molecule has 0 N–H and O–H groups in total. The van der Waals surface area contributed by atoms with Crippen molar-refractivity contribution in [2.24, 2.45) is 0 Å². The van der Waals surface area contributed by atoms with Crippen molar-refractivity contribution < 1.29 is 4.43 Å². The van der Waals surface area contributed by atoms with Crippen LogP contribution in [0.3, 0.4) is 0 Å². The van der Waals surface area contributed by atoms with Gasteiger partial charge in [0.15, 0.2) is 8.32 Å². The third-order valence-electron chi connectivity index (χ3n) is 3.90. The van der Waals surface area contributed by atoms with E-state index in [-0.39, 0.29) is 11.1 Å². The molecule has 1 rings (SSSR count). The standard InChI is InChI=1S/C16H25ClINOSi/c1-16(2,3)21(4,5)20-15(9-10-18)14(17)12-13-8-6-7-11-19-13/h6-8,11-12,15H,9-10H2,1-5H3/b14-12-/t15-/m0/s1. The summed E-state index contributed by atoms with van der Waals surface area (Å²) in [5, 5.41) is 0.925. The lowest BCUT2D eigenvalue weighted by Gasteiger charge is -2.39. The van der Waals surface area contributed by atoms with Crippen LogP contribution in [0.5, 0.6) is 0 Å². The minimum absolute atomic E-state index is 0.0357. The van der Waals surface area contributed by atoms with Crippen molar-refractivity contribution in [3.63, 3.8) is 0 Å². The van der Waals surface area contributed by atoms with E-state index in [0.717, 1.165) is 21.6 Å². The molecule has 2 nitrogen and oxygen atoms in total. The summed E-state index contributed by atoms with van der Waals surface area (Å²) in [5.41, 5.74) is 0.875. The Kier molecular flexibility index (Phi) is 7.37. The molecule has 5 heteroatoms. The molecule has 1 aromatic rings. The molecule has 118 valence electrons. The van der Waals surface area contributed by atoms with Crippen LogP contribution in [0.4, 0.5) is 0 Å². The van der Waals surface area contributed by atoms with Crippen LogP contribution in [0.25, 0.3) is 6.08 Å². The highest BCUT2D eigenvalue weighted by Crippen LogP contribution is 2.39. The second-order valence-electron chi connectivity index (χ2n) is 6.63. The fourth-order valence-electron chi connectivity index (χ4n) is 1.58. The quantitative estimate of drug-likeness (QED) is 0.315. The minimum atomic E-state index is -1.83. The van der Waals surface area contributed by atoms with Gasteiger partial charge in [-0.15, -0.1) is 0 Å². The summed E-state index contributed by atoms with van der Waals surface area (Å²) >= 11 is 8.90. The highest BCUT2D eigenvalue weighted by molar-refractivity contribution is 14.1. The Morgan fingerprint density at radius 3 is 2.57 bits per heavy atom. The van der Waals surface area contributed by atoms with Crippen molar-refractivity contribution in [2.45, 2.75) is 51.4 Å². The number of hydrogen-bond donors (Lipinski definition) is 0. The normalized spacial score (nSPS) is 15.1. The monoisotopic (exact) mass is 437 g/mol. The predicted molar refractivity (Wildman–Crippen MR) is 104 cm³/mol. The Hall–Kier alpha value is 0.0869. The molecular formula is C16H25ClINOSi. The highest BCUT2D eigenvalue weighted by Gasteiger charge is 2.39. The molecule has 1 aromatic heterocycles. The zero-order chi connectivity index (χ0) is 16.1. The molecule has 0 unspecified atom stereocenters. The molecule has 0 saturated heterocycles. The van der Waals surface area contributed by atoms with Gasteiger partial charge in [0.1, 0.15) is 0 Å². The molecule has 0 aliphatic carbocycles. The van der Waals surface area contributed by atoms with Gasteiger partial charge in [0.25, 0.3) is 0 Å². The third-order valence-corrected chi connectivity index (χ3v) is 9.36. The number of alkyl halides is 1. The maximum Gasteiger partial charge on any atom is 0.192 e. The van der Waals surface area contributed by atoms with Gasteiger partial charge in [0.2, 0.25) is 0 Å². The molecule has 0 bridgehead atoms. The molecular weight excluding hydrogens is 413 g/mol. The van der Waals surface area contributed by atoms with Crippen molar-refractivity contribution >= 4 is 48.6 Å². The predicted octanol–water partition coefficient (Wildman–Crippen LogP) is 5.88. The van der Waals surface area contributed by atoms with Crippen LogP contribution >= 0.6 is 34.2 Å². The number of halogens is 2. The highest BCUT2D eigenvalue weighted by atomic mass is 127. The average Bonchev–Trinajstić information content (AvgIpc) is 2.37. The van der Waals surface area contributed by atoms with Crippen molar-refractivity contribution in [3.8, 4) is 0 Å². The minimum Gasteiger partial charge on any atom is -0.409 e. The van der Waals surface area contributed by atoms with E-state index in [1.165, 1.54) is 0 Å². The molecule has 0 aliphatic rings. The zero-order valence-electron chi connectivity index (χ0n) is 13.5. The molecule has 1 atom stereocenters. The summed E-state index contributed by atoms with van der Waals surface area (Å²) in [5.74, 6) is 0. The van der Waals surface area contributed by atoms with E-state index in [4.69, 9.17) is 16.0 Å². The fourth-order valence-corrected chi connectivity index (χ4v) is 3.80. The first kappa shape index (κ1) is 19.1. The van der Waals surface area contributed by atoms with Gasteiger partial charge < -0.3 is 4.43 Å². The van der Waals surface area contributed by atoms with E-state index in [1.807, 2.05) is 24.3 Å². The van der Waals surface area contributed by atoms with E-state index in [0.29, 0.717) is 0 Å². The van der Waals surface area contributed by atoms with Crippen molar-refractivity contribution in [2.75, 3.05) is 4.43 Å². The Morgan fingerprint density at radius 2 is 2.10 bits per heavy atom. The van der Waals surface area contributed by atoms with E-state index in [9.17, 15) is 0 Å². The van der Waals surface area contributed by atoms with Crippen LogP contribution in [0.1, 0.15) is 32.9 Å². The summed E-state index contributed by atoms with van der Waals surface area (Å²) in [7, 11) is -1.83. The van der Waals surface area contributed by atoms with Gasteiger partial charge in [-0.2, -0.15) is 0 Å². The lowest BCUT2D eigenvalue weighted by Crippen LogP contribution is -2.44. The number of hydrogen-bond acceptors (Lipinski definition) is 2. The average molecular weight is 438 g/mol. The van der Waals surface area contributed by atoms with E-state index < -0.39 is 8.32 Å². The van der Waals surface area contributed by atoms with Crippen LogP contribution < -0.4 is 0 Å². The summed E-state index contributed by atoms with van der Waals surface area (Å²) in [4.78, 5) is 4.30. The van der Waals surface area contributed by atoms with Crippen molar-refractivity contribution in [1.29, 1.82) is 0 Å². The van der Waals surface area contributed by atoms with Gasteiger partial charge in [-0.3, -0.25) is 4.98 Å². The van der Waals surface area contributed by atoms with Gasteiger partial charge in [0.05, 0.1) is 11.8 Å². The molecule has 0 aromatic carbocycles. The number of nitrogens with zero attached hydrogens (tertiary/aromatic N) is 1. The van der Waals surface area contributed by atoms with Crippen LogP contribution in [-0.4, -0.2) is 23.8 Å². The number of aromatic nitrogens is 1. The summed E-state index contributed by atoms with van der Waals surface area (Å²) in [6.07, 6.45) is 4.59. The molecule has 0 saturated carbocycles. The first-order valence-corrected chi connectivity index (χ1v) is 12.0. The number of rotatable bonds is 6. The largest absolute Gasteiger partial charge is 0.409 e. The van der Waals surface area contributed by atoms with Gasteiger partial charge >= 0.3 is 0 Å². The Balaban J connectivity index is 2.94. The zero-order valence-corrected chi connectivity index (χ0v) is 17.4. The molecule has 0 aliphatic heterocycles. The van der Waals surface area contributed by atoms with Crippen molar-refractivity contribution in [3.05, 3.63) is 35.1 Å². The molecule has 0 fully saturated rings. The maximum atomic E-state index is 6.53. The fraction of sp³-hybridized carbons (Fsp3) is 0.562. The van der Waals surface area contributed by atoms with Crippen LogP contribution in [0.2, 0.25) is 18.1 Å². The maximum absolute atomic E-state index is 6.53. The smallest absolute Gasteiger partial charge is 0.192 e. The second-order valence-corrected chi connectivity index (χ2v) is 12.9. The first-order chi connectivity index (χ1) is 9.67. The van der Waals surface area contributed by atoms with Gasteiger partial charge in [0, 0.05) is 15.7 Å². The molecule has 0 radical (unpaired) electrons. The van der Waals surface area contributed by atoms with Crippen LogP contribution in [0.15, 0.2) is 29.4 Å². The lowest BCUT2D eigenvalue weighted by molar-refractivity contribution is 0.219. The first-order valence-electron chi connectivity index (χ1n) is 7.19. The van der Waals surface area contributed by atoms with Gasteiger partial charge in [-0.05, 0) is 42.8 Å². The third kappa shape index (κ3) is 6.00. The lowest BCUT2D eigenvalue weighted by atomic mass is 10.2. The molecule has 0 spiro atoms. The van der Waals surface area contributed by atoms with E-state index in [1.54, 1.807) is 6.20 Å².